The maximum Gasteiger partial charge on any atom is 0.220 e. The van der Waals surface area contributed by atoms with Crippen LogP contribution in [0, 0.1) is 6.92 Å². The molecule has 4 rings (SSSR count). The van der Waals surface area contributed by atoms with E-state index in [1.807, 2.05) is 0 Å². The minimum atomic E-state index is -1.75. The number of aryl methyl sites for hydroxylation is 1. The highest BCUT2D eigenvalue weighted by atomic mass is 28.3. The van der Waals surface area contributed by atoms with Gasteiger partial charge in [-0.15, -0.1) is 0 Å². The molecule has 0 aliphatic carbocycles. The third-order valence-electron chi connectivity index (χ3n) is 7.37. The van der Waals surface area contributed by atoms with Crippen LogP contribution in [0.15, 0.2) is 72.9 Å². The number of nitrogens with zero attached hydrogens (tertiary/aromatic N) is 1. The number of hydrogen-bond donors (Lipinski definition) is 0. The third kappa shape index (κ3) is 4.29. The minimum absolute atomic E-state index is 0.506. The van der Waals surface area contributed by atoms with Crippen LogP contribution in [-0.4, -0.2) is 8.07 Å². The zero-order valence-corrected chi connectivity index (χ0v) is 22.5. The zero-order chi connectivity index (χ0) is 23.9. The first-order chi connectivity index (χ1) is 15.6. The molecule has 0 amide bonds. The van der Waals surface area contributed by atoms with Crippen LogP contribution >= 0.6 is 0 Å². The van der Waals surface area contributed by atoms with Gasteiger partial charge in [-0.3, -0.25) is 0 Å². The van der Waals surface area contributed by atoms with Crippen LogP contribution in [-0.2, 0) is 7.05 Å². The Morgan fingerprint density at radius 2 is 1.45 bits per heavy atom. The highest BCUT2D eigenvalue weighted by molar-refractivity contribution is 7.00. The number of fused-ring (bicyclic) bond motifs is 1. The van der Waals surface area contributed by atoms with Crippen LogP contribution < -0.4 is 14.9 Å². The lowest BCUT2D eigenvalue weighted by Crippen LogP contribution is -2.52. The molecule has 1 nitrogen and oxygen atoms in total. The van der Waals surface area contributed by atoms with Crippen molar-refractivity contribution in [2.45, 2.75) is 59.5 Å². The van der Waals surface area contributed by atoms with Gasteiger partial charge in [-0.1, -0.05) is 99.7 Å². The van der Waals surface area contributed by atoms with Gasteiger partial charge < -0.3 is 0 Å². The largest absolute Gasteiger partial charge is 0.220 e. The topological polar surface area (TPSA) is 3.88 Å². The summed E-state index contributed by atoms with van der Waals surface area (Å²) in [5.74, 6) is 1.01. The number of pyridine rings is 1. The van der Waals surface area contributed by atoms with Crippen LogP contribution in [0.3, 0.4) is 0 Å². The molecule has 1 aromatic heterocycles. The summed E-state index contributed by atoms with van der Waals surface area (Å²) in [6.45, 7) is 16.4. The maximum absolute atomic E-state index is 2.46. The van der Waals surface area contributed by atoms with Gasteiger partial charge in [0.15, 0.2) is 6.20 Å². The highest BCUT2D eigenvalue weighted by Crippen LogP contribution is 2.35. The maximum atomic E-state index is 2.46. The molecule has 3 aromatic carbocycles. The number of benzene rings is 3. The van der Waals surface area contributed by atoms with E-state index >= 15 is 0 Å². The molecule has 0 bridgehead atoms. The molecule has 2 heteroatoms. The van der Waals surface area contributed by atoms with E-state index in [4.69, 9.17) is 0 Å². The fraction of sp³-hybridized carbons (Fsp3) is 0.323. The molecule has 0 aliphatic heterocycles. The van der Waals surface area contributed by atoms with E-state index in [1.165, 1.54) is 49.1 Å². The van der Waals surface area contributed by atoms with Gasteiger partial charge in [-0.25, -0.2) is 4.57 Å². The fourth-order valence-corrected chi connectivity index (χ4v) is 7.43. The van der Waals surface area contributed by atoms with Crippen LogP contribution in [0.2, 0.25) is 13.1 Å². The smallest absolute Gasteiger partial charge is 0.200 e. The summed E-state index contributed by atoms with van der Waals surface area (Å²) < 4.78 is 2.30. The van der Waals surface area contributed by atoms with Crippen molar-refractivity contribution in [1.29, 1.82) is 0 Å². The van der Waals surface area contributed by atoms with E-state index in [2.05, 4.69) is 132 Å². The standard InChI is InChI=1S/C31H38NSi/c1-21(2)25-19-29(22(3)4)23(5)30(20-25)31-28-15-14-27(18-24(28)16-17-32(31)6)33(7,8)26-12-10-9-11-13-26/h9-22H,1-8H3/q+1. The molecule has 170 valence electrons. The van der Waals surface area contributed by atoms with Gasteiger partial charge in [-0.05, 0) is 53.0 Å². The molecule has 0 spiro atoms. The van der Waals surface area contributed by atoms with E-state index in [0.717, 1.165) is 0 Å². The van der Waals surface area contributed by atoms with Gasteiger partial charge in [0.25, 0.3) is 0 Å². The van der Waals surface area contributed by atoms with Gasteiger partial charge in [0.05, 0.1) is 10.9 Å². The molecule has 0 unspecified atom stereocenters. The van der Waals surface area contributed by atoms with Crippen LogP contribution in [0.4, 0.5) is 0 Å². The fourth-order valence-electron chi connectivity index (χ4n) is 5.06. The summed E-state index contributed by atoms with van der Waals surface area (Å²) in [4.78, 5) is 0. The molecule has 4 aromatic rings. The Labute approximate surface area is 201 Å². The Balaban J connectivity index is 1.95. The van der Waals surface area contributed by atoms with Crippen molar-refractivity contribution >= 4 is 29.2 Å². The Bertz CT molecular complexity index is 1300. The second-order valence-corrected chi connectivity index (χ2v) is 15.1. The lowest BCUT2D eigenvalue weighted by molar-refractivity contribution is -0.659. The molecule has 1 heterocycles. The van der Waals surface area contributed by atoms with Gasteiger partial charge in [-0.2, -0.15) is 0 Å². The first kappa shape index (κ1) is 23.4. The van der Waals surface area contributed by atoms with Gasteiger partial charge in [0.1, 0.15) is 15.1 Å². The number of aromatic nitrogens is 1. The molecule has 0 saturated heterocycles. The van der Waals surface area contributed by atoms with Gasteiger partial charge in [0.2, 0.25) is 5.69 Å². The SMILES string of the molecule is Cc1c(-c2c3ccc([Si](C)(C)c4ccccc4)cc3cc[n+]2C)cc(C(C)C)cc1C(C)C. The Morgan fingerprint density at radius 1 is 0.758 bits per heavy atom. The van der Waals surface area contributed by atoms with Crippen molar-refractivity contribution < 1.29 is 4.57 Å². The summed E-state index contributed by atoms with van der Waals surface area (Å²) in [7, 11) is 0.434. The minimum Gasteiger partial charge on any atom is -0.200 e. The van der Waals surface area contributed by atoms with Crippen molar-refractivity contribution in [3.63, 3.8) is 0 Å². The van der Waals surface area contributed by atoms with Crippen molar-refractivity contribution in [1.82, 2.24) is 0 Å². The quantitative estimate of drug-likeness (QED) is 0.234. The van der Waals surface area contributed by atoms with Gasteiger partial charge in [0, 0.05) is 6.07 Å². The zero-order valence-electron chi connectivity index (χ0n) is 21.5. The Hall–Kier alpha value is -2.71. The summed E-state index contributed by atoms with van der Waals surface area (Å²) in [5.41, 5.74) is 6.97. The van der Waals surface area contributed by atoms with Crippen molar-refractivity contribution in [3.8, 4) is 11.3 Å². The molecule has 0 saturated carbocycles. The average Bonchev–Trinajstić information content (AvgIpc) is 2.79. The lowest BCUT2D eigenvalue weighted by Gasteiger charge is -2.24. The second kappa shape index (κ2) is 8.91. The highest BCUT2D eigenvalue weighted by Gasteiger charge is 2.27. The van der Waals surface area contributed by atoms with Crippen LogP contribution in [0.5, 0.6) is 0 Å². The molecule has 0 N–H and O–H groups in total. The molecular formula is C31H38NSi+. The molecular weight excluding hydrogens is 414 g/mol. The lowest BCUT2D eigenvalue weighted by atomic mass is 9.86. The molecule has 0 fully saturated rings. The summed E-state index contributed by atoms with van der Waals surface area (Å²) in [6.07, 6.45) is 2.23. The van der Waals surface area contributed by atoms with Crippen LogP contribution in [0.1, 0.15) is 56.2 Å². The summed E-state index contributed by atoms with van der Waals surface area (Å²) >= 11 is 0. The average molecular weight is 453 g/mol. The van der Waals surface area contributed by atoms with E-state index in [-0.39, 0.29) is 0 Å². The first-order valence-electron chi connectivity index (χ1n) is 12.2. The third-order valence-corrected chi connectivity index (χ3v) is 10.9. The van der Waals surface area contributed by atoms with Crippen molar-refractivity contribution in [3.05, 3.63) is 89.6 Å². The van der Waals surface area contributed by atoms with Crippen molar-refractivity contribution in [2.75, 3.05) is 0 Å². The normalized spacial score (nSPS) is 12.2. The molecule has 0 aliphatic rings. The van der Waals surface area contributed by atoms with Gasteiger partial charge >= 0.3 is 0 Å². The molecule has 33 heavy (non-hydrogen) atoms. The van der Waals surface area contributed by atoms with E-state index in [0.29, 0.717) is 11.8 Å². The van der Waals surface area contributed by atoms with Crippen LogP contribution in [0.25, 0.3) is 22.0 Å². The Morgan fingerprint density at radius 3 is 2.09 bits per heavy atom. The van der Waals surface area contributed by atoms with E-state index < -0.39 is 8.07 Å². The first-order valence-corrected chi connectivity index (χ1v) is 15.2. The predicted molar refractivity (Wildman–Crippen MR) is 147 cm³/mol. The Kier molecular flexibility index (Phi) is 6.33. The number of hydrogen-bond acceptors (Lipinski definition) is 0. The van der Waals surface area contributed by atoms with Crippen molar-refractivity contribution in [2.24, 2.45) is 7.05 Å². The van der Waals surface area contributed by atoms with E-state index in [1.54, 1.807) is 0 Å². The number of rotatable bonds is 5. The summed E-state index contributed by atoms with van der Waals surface area (Å²) in [5, 5.41) is 5.63. The molecule has 0 radical (unpaired) electrons. The second-order valence-electron chi connectivity index (χ2n) is 10.7. The molecule has 0 atom stereocenters. The predicted octanol–water partition coefficient (Wildman–Crippen LogP) is 6.71. The van der Waals surface area contributed by atoms with E-state index in [9.17, 15) is 0 Å². The summed E-state index contributed by atoms with van der Waals surface area (Å²) in [6, 6.07) is 25.4. The monoisotopic (exact) mass is 452 g/mol.